The molecule has 0 bridgehead atoms. The third kappa shape index (κ3) is 4.43. The molecule has 1 saturated heterocycles. The van der Waals surface area contributed by atoms with E-state index in [4.69, 9.17) is 0 Å². The molecule has 2 atom stereocenters. The van der Waals surface area contributed by atoms with Crippen LogP contribution in [0.3, 0.4) is 0 Å². The van der Waals surface area contributed by atoms with Crippen LogP contribution in [0, 0.1) is 0 Å². The second-order valence-electron chi connectivity index (χ2n) is 4.46. The van der Waals surface area contributed by atoms with Crippen molar-refractivity contribution in [2.45, 2.75) is 43.9 Å². The van der Waals surface area contributed by atoms with Crippen molar-refractivity contribution in [1.82, 2.24) is 5.32 Å². The first-order valence-electron chi connectivity index (χ1n) is 5.50. The van der Waals surface area contributed by atoms with E-state index >= 15 is 0 Å². The maximum absolute atomic E-state index is 11.0. The Morgan fingerprint density at radius 3 is 2.93 bits per heavy atom. The van der Waals surface area contributed by atoms with Gasteiger partial charge < -0.3 is 10.1 Å². The molecule has 88 valence electrons. The molecule has 0 saturated carbocycles. The number of carbonyl (C=O) groups is 1. The Labute approximate surface area is 96.3 Å². The van der Waals surface area contributed by atoms with Gasteiger partial charge in [0.15, 0.2) is 0 Å². The molecule has 0 aliphatic carbocycles. The number of ether oxygens (including phenoxy) is 1. The highest BCUT2D eigenvalue weighted by Crippen LogP contribution is 2.37. The monoisotopic (exact) mass is 231 g/mol. The Morgan fingerprint density at radius 2 is 2.40 bits per heavy atom. The lowest BCUT2D eigenvalue weighted by atomic mass is 10.1. The van der Waals surface area contributed by atoms with Crippen molar-refractivity contribution in [1.29, 1.82) is 0 Å². The highest BCUT2D eigenvalue weighted by Gasteiger charge is 2.29. The van der Waals surface area contributed by atoms with E-state index in [1.807, 2.05) is 18.7 Å². The molecule has 3 nitrogen and oxygen atoms in total. The van der Waals surface area contributed by atoms with E-state index in [0.717, 1.165) is 6.54 Å². The minimum atomic E-state index is -0.140. The Kier molecular flexibility index (Phi) is 4.93. The first-order chi connectivity index (χ1) is 7.06. The molecule has 1 rings (SSSR count). The first-order valence-corrected chi connectivity index (χ1v) is 6.48. The molecular formula is C11H21NO2S. The van der Waals surface area contributed by atoms with Crippen LogP contribution in [0.1, 0.15) is 33.1 Å². The van der Waals surface area contributed by atoms with Gasteiger partial charge in [0, 0.05) is 17.3 Å². The maximum atomic E-state index is 11.0. The normalized spacial score (nSPS) is 27.7. The van der Waals surface area contributed by atoms with Gasteiger partial charge in [0.25, 0.3) is 0 Å². The summed E-state index contributed by atoms with van der Waals surface area (Å²) in [6, 6.07) is 0.204. The van der Waals surface area contributed by atoms with Crippen molar-refractivity contribution in [3.05, 3.63) is 0 Å². The quantitative estimate of drug-likeness (QED) is 0.732. The van der Waals surface area contributed by atoms with E-state index in [2.05, 4.69) is 17.0 Å². The van der Waals surface area contributed by atoms with Gasteiger partial charge in [0.2, 0.25) is 0 Å². The van der Waals surface area contributed by atoms with E-state index in [9.17, 15) is 4.79 Å². The zero-order valence-corrected chi connectivity index (χ0v) is 10.7. The van der Waals surface area contributed by atoms with Gasteiger partial charge in [-0.1, -0.05) is 0 Å². The minimum absolute atomic E-state index is 0.140. The van der Waals surface area contributed by atoms with Crippen LogP contribution < -0.4 is 5.32 Å². The molecule has 1 aliphatic rings. The van der Waals surface area contributed by atoms with Crippen LogP contribution in [0.2, 0.25) is 0 Å². The van der Waals surface area contributed by atoms with Crippen molar-refractivity contribution in [2.24, 2.45) is 0 Å². The van der Waals surface area contributed by atoms with Crippen LogP contribution in [0.4, 0.5) is 0 Å². The number of hydrogen-bond acceptors (Lipinski definition) is 4. The molecule has 4 heteroatoms. The maximum Gasteiger partial charge on any atom is 0.307 e. The average Bonchev–Trinajstić information content (AvgIpc) is 2.63. The molecule has 15 heavy (non-hydrogen) atoms. The number of nitrogens with one attached hydrogen (secondary N) is 1. The molecule has 0 amide bonds. The van der Waals surface area contributed by atoms with Gasteiger partial charge in [-0.3, -0.25) is 4.79 Å². The molecule has 0 radical (unpaired) electrons. The molecule has 1 aliphatic heterocycles. The first kappa shape index (κ1) is 12.8. The summed E-state index contributed by atoms with van der Waals surface area (Å²) in [4.78, 5) is 11.0. The fraction of sp³-hybridized carbons (Fsp3) is 0.909. The molecule has 1 fully saturated rings. The Balaban J connectivity index is 2.21. The van der Waals surface area contributed by atoms with Gasteiger partial charge in [0.1, 0.15) is 0 Å². The summed E-state index contributed by atoms with van der Waals surface area (Å²) in [6.45, 7) is 5.30. The van der Waals surface area contributed by atoms with Crippen LogP contribution in [-0.4, -0.2) is 36.2 Å². The summed E-state index contributed by atoms with van der Waals surface area (Å²) in [5.41, 5.74) is 0. The Hall–Kier alpha value is -0.220. The smallest absolute Gasteiger partial charge is 0.307 e. The number of rotatable bonds is 5. The predicted octanol–water partition coefficient (Wildman–Crippen LogP) is 1.81. The molecular weight excluding hydrogens is 210 g/mol. The lowest BCUT2D eigenvalue weighted by Gasteiger charge is -2.25. The van der Waals surface area contributed by atoms with Gasteiger partial charge >= 0.3 is 5.97 Å². The van der Waals surface area contributed by atoms with Crippen molar-refractivity contribution < 1.29 is 9.53 Å². The summed E-state index contributed by atoms with van der Waals surface area (Å²) in [5, 5.41) is 3.41. The SMILES string of the molecule is COC(=O)CC(C)NCC1(C)CCCS1. The molecule has 0 aromatic rings. The highest BCUT2D eigenvalue weighted by molar-refractivity contribution is 8.00. The Morgan fingerprint density at radius 1 is 1.67 bits per heavy atom. The molecule has 1 heterocycles. The van der Waals surface area contributed by atoms with E-state index in [1.54, 1.807) is 0 Å². The minimum Gasteiger partial charge on any atom is -0.469 e. The largest absolute Gasteiger partial charge is 0.469 e. The van der Waals surface area contributed by atoms with Crippen LogP contribution in [-0.2, 0) is 9.53 Å². The van der Waals surface area contributed by atoms with Crippen molar-refractivity contribution in [3.8, 4) is 0 Å². The third-order valence-electron chi connectivity index (χ3n) is 2.83. The standard InChI is InChI=1S/C11H21NO2S/c1-9(7-10(13)14-3)12-8-11(2)5-4-6-15-11/h9,12H,4-8H2,1-3H3. The van der Waals surface area contributed by atoms with Crippen LogP contribution in [0.25, 0.3) is 0 Å². The summed E-state index contributed by atoms with van der Waals surface area (Å²) < 4.78 is 5.00. The number of carbonyl (C=O) groups excluding carboxylic acids is 1. The highest BCUT2D eigenvalue weighted by atomic mass is 32.2. The van der Waals surface area contributed by atoms with Gasteiger partial charge in [0.05, 0.1) is 13.5 Å². The van der Waals surface area contributed by atoms with Crippen LogP contribution in [0.15, 0.2) is 0 Å². The lowest BCUT2D eigenvalue weighted by Crippen LogP contribution is -2.39. The van der Waals surface area contributed by atoms with Crippen molar-refractivity contribution >= 4 is 17.7 Å². The van der Waals surface area contributed by atoms with E-state index in [1.165, 1.54) is 25.7 Å². The topological polar surface area (TPSA) is 38.3 Å². The van der Waals surface area contributed by atoms with Crippen LogP contribution in [0.5, 0.6) is 0 Å². The third-order valence-corrected chi connectivity index (χ3v) is 4.36. The van der Waals surface area contributed by atoms with Gasteiger partial charge in [-0.15, -0.1) is 0 Å². The zero-order chi connectivity index (χ0) is 11.3. The van der Waals surface area contributed by atoms with Gasteiger partial charge in [-0.2, -0.15) is 11.8 Å². The van der Waals surface area contributed by atoms with Crippen LogP contribution >= 0.6 is 11.8 Å². The summed E-state index contributed by atoms with van der Waals surface area (Å²) >= 11 is 2.03. The van der Waals surface area contributed by atoms with Crippen molar-refractivity contribution in [2.75, 3.05) is 19.4 Å². The summed E-state index contributed by atoms with van der Waals surface area (Å²) in [5.74, 6) is 1.13. The molecule has 0 aromatic carbocycles. The summed E-state index contributed by atoms with van der Waals surface area (Å²) in [7, 11) is 1.43. The second kappa shape index (κ2) is 5.75. The second-order valence-corrected chi connectivity index (χ2v) is 6.15. The molecule has 0 aromatic heterocycles. The summed E-state index contributed by atoms with van der Waals surface area (Å²) in [6.07, 6.45) is 3.04. The molecule has 1 N–H and O–H groups in total. The van der Waals surface area contributed by atoms with E-state index in [0.29, 0.717) is 11.2 Å². The number of methoxy groups -OCH3 is 1. The van der Waals surface area contributed by atoms with Crippen molar-refractivity contribution in [3.63, 3.8) is 0 Å². The predicted molar refractivity (Wildman–Crippen MR) is 64.2 cm³/mol. The zero-order valence-electron chi connectivity index (χ0n) is 9.84. The van der Waals surface area contributed by atoms with Gasteiger partial charge in [-0.25, -0.2) is 0 Å². The van der Waals surface area contributed by atoms with E-state index in [-0.39, 0.29) is 12.0 Å². The number of esters is 1. The number of hydrogen-bond donors (Lipinski definition) is 1. The number of thioether (sulfide) groups is 1. The van der Waals surface area contributed by atoms with Gasteiger partial charge in [-0.05, 0) is 32.4 Å². The fourth-order valence-corrected chi connectivity index (χ4v) is 3.03. The lowest BCUT2D eigenvalue weighted by molar-refractivity contribution is -0.141. The Bertz CT molecular complexity index is 215. The average molecular weight is 231 g/mol. The van der Waals surface area contributed by atoms with E-state index < -0.39 is 0 Å². The fourth-order valence-electron chi connectivity index (χ4n) is 1.77. The molecule has 2 unspecified atom stereocenters. The molecule has 0 spiro atoms.